The van der Waals surface area contributed by atoms with Crippen LogP contribution < -0.4 is 9.80 Å². The number of benzene rings is 7. The number of anilines is 6. The van der Waals surface area contributed by atoms with Gasteiger partial charge in [-0.3, -0.25) is 0 Å². The highest BCUT2D eigenvalue weighted by Gasteiger charge is 2.13. The van der Waals surface area contributed by atoms with Crippen LogP contribution in [0.1, 0.15) is 27.8 Å². The lowest BCUT2D eigenvalue weighted by atomic mass is 10.1. The molecule has 0 saturated carbocycles. The number of hydrogen-bond donors (Lipinski definition) is 0. The first-order valence-corrected chi connectivity index (χ1v) is 16.7. The van der Waals surface area contributed by atoms with Crippen molar-refractivity contribution in [1.29, 1.82) is 0 Å². The summed E-state index contributed by atoms with van der Waals surface area (Å²) in [6.45, 7) is 0. The fourth-order valence-corrected chi connectivity index (χ4v) is 5.90. The minimum absolute atomic E-state index is 0.867. The molecule has 2 heteroatoms. The van der Waals surface area contributed by atoms with Crippen molar-refractivity contribution in [3.63, 3.8) is 0 Å². The highest BCUT2D eigenvalue weighted by molar-refractivity contribution is 5.80. The molecule has 7 aromatic rings. The van der Waals surface area contributed by atoms with Crippen molar-refractivity contribution in [3.8, 4) is 12.3 Å². The molecule has 7 aromatic carbocycles. The van der Waals surface area contributed by atoms with Gasteiger partial charge in [-0.1, -0.05) is 133 Å². The fraction of sp³-hybridized carbons (Fsp3) is 0. The van der Waals surface area contributed by atoms with Gasteiger partial charge in [-0.15, -0.1) is 6.42 Å². The van der Waals surface area contributed by atoms with E-state index in [4.69, 9.17) is 6.42 Å². The van der Waals surface area contributed by atoms with E-state index in [1.807, 2.05) is 30.3 Å². The largest absolute Gasteiger partial charge is 0.311 e. The Labute approximate surface area is 295 Å². The van der Waals surface area contributed by atoms with Gasteiger partial charge < -0.3 is 9.80 Å². The Kier molecular flexibility index (Phi) is 9.77. The van der Waals surface area contributed by atoms with Crippen molar-refractivity contribution in [2.75, 3.05) is 9.80 Å². The van der Waals surface area contributed by atoms with Gasteiger partial charge in [0.1, 0.15) is 0 Å². The molecule has 0 bridgehead atoms. The van der Waals surface area contributed by atoms with Crippen LogP contribution in [0.25, 0.3) is 24.3 Å². The third-order valence-corrected chi connectivity index (χ3v) is 8.51. The fourth-order valence-electron chi connectivity index (χ4n) is 5.90. The first kappa shape index (κ1) is 31.8. The number of rotatable bonds is 10. The zero-order valence-electron chi connectivity index (χ0n) is 27.7. The molecule has 2 nitrogen and oxygen atoms in total. The third-order valence-electron chi connectivity index (χ3n) is 8.51. The van der Waals surface area contributed by atoms with Gasteiger partial charge in [0.25, 0.3) is 0 Å². The van der Waals surface area contributed by atoms with E-state index in [-0.39, 0.29) is 0 Å². The first-order chi connectivity index (χ1) is 24.7. The van der Waals surface area contributed by atoms with E-state index in [1.165, 1.54) is 0 Å². The standard InChI is InChI=1S/C48H36N2/c1-2-38-26-32-46(33-27-38)50(45-16-10-5-11-17-45)48-36-30-42(31-37-48)25-23-40-20-18-39(19-21-40)22-24-41-28-34-47(35-29-41)49(43-12-6-3-7-13-43)44-14-8-4-9-15-44/h1,3-37H/b24-22+,25-23+. The summed E-state index contributed by atoms with van der Waals surface area (Å²) in [6, 6.07) is 65.3. The molecule has 238 valence electrons. The molecule has 0 aromatic heterocycles. The minimum atomic E-state index is 0.867. The second kappa shape index (κ2) is 15.4. The minimum Gasteiger partial charge on any atom is -0.311 e. The quantitative estimate of drug-likeness (QED) is 0.108. The van der Waals surface area contributed by atoms with Crippen LogP contribution in [0.4, 0.5) is 34.1 Å². The Bertz CT molecular complexity index is 2170. The Morgan fingerprint density at radius 1 is 0.300 bits per heavy atom. The predicted molar refractivity (Wildman–Crippen MR) is 214 cm³/mol. The van der Waals surface area contributed by atoms with E-state index >= 15 is 0 Å². The summed E-state index contributed by atoms with van der Waals surface area (Å²) in [5.41, 5.74) is 12.1. The maximum Gasteiger partial charge on any atom is 0.0462 e. The summed E-state index contributed by atoms with van der Waals surface area (Å²) in [5.74, 6) is 2.71. The zero-order chi connectivity index (χ0) is 34.0. The van der Waals surface area contributed by atoms with Crippen molar-refractivity contribution in [2.24, 2.45) is 0 Å². The third kappa shape index (κ3) is 7.66. The molecule has 0 unspecified atom stereocenters. The lowest BCUT2D eigenvalue weighted by Gasteiger charge is -2.25. The van der Waals surface area contributed by atoms with Gasteiger partial charge in [0.15, 0.2) is 0 Å². The van der Waals surface area contributed by atoms with Crippen LogP contribution in [0.15, 0.2) is 188 Å². The predicted octanol–water partition coefficient (Wildman–Crippen LogP) is 12.9. The highest BCUT2D eigenvalue weighted by Crippen LogP contribution is 2.36. The van der Waals surface area contributed by atoms with Crippen LogP contribution in [0, 0.1) is 12.3 Å². The molecular weight excluding hydrogens is 605 g/mol. The van der Waals surface area contributed by atoms with Gasteiger partial charge >= 0.3 is 0 Å². The molecule has 0 aliphatic rings. The van der Waals surface area contributed by atoms with E-state index < -0.39 is 0 Å². The topological polar surface area (TPSA) is 6.48 Å². The average molecular weight is 641 g/mol. The Morgan fingerprint density at radius 3 is 0.820 bits per heavy atom. The van der Waals surface area contributed by atoms with Crippen LogP contribution >= 0.6 is 0 Å². The summed E-state index contributed by atoms with van der Waals surface area (Å²) >= 11 is 0. The molecule has 0 amide bonds. The highest BCUT2D eigenvalue weighted by atomic mass is 15.1. The van der Waals surface area contributed by atoms with Crippen LogP contribution in [-0.2, 0) is 0 Å². The molecular formula is C48H36N2. The van der Waals surface area contributed by atoms with Gasteiger partial charge in [-0.25, -0.2) is 0 Å². The molecule has 0 saturated heterocycles. The molecule has 0 fully saturated rings. The van der Waals surface area contributed by atoms with E-state index in [9.17, 15) is 0 Å². The van der Waals surface area contributed by atoms with E-state index in [0.29, 0.717) is 0 Å². The zero-order valence-corrected chi connectivity index (χ0v) is 27.7. The van der Waals surface area contributed by atoms with Crippen molar-refractivity contribution >= 4 is 58.4 Å². The van der Waals surface area contributed by atoms with Gasteiger partial charge in [-0.2, -0.15) is 0 Å². The summed E-state index contributed by atoms with van der Waals surface area (Å²) in [5, 5.41) is 0. The molecule has 0 radical (unpaired) electrons. The van der Waals surface area contributed by atoms with Crippen molar-refractivity contribution in [3.05, 3.63) is 216 Å². The molecule has 0 spiro atoms. The summed E-state index contributed by atoms with van der Waals surface area (Å²) in [4.78, 5) is 4.51. The van der Waals surface area contributed by atoms with Crippen LogP contribution in [0.2, 0.25) is 0 Å². The average Bonchev–Trinajstić information content (AvgIpc) is 3.19. The monoisotopic (exact) mass is 640 g/mol. The summed E-state index contributed by atoms with van der Waals surface area (Å²) in [7, 11) is 0. The molecule has 0 aliphatic carbocycles. The van der Waals surface area contributed by atoms with Crippen LogP contribution in [0.5, 0.6) is 0 Å². The molecule has 0 aliphatic heterocycles. The molecule has 7 rings (SSSR count). The maximum absolute atomic E-state index is 5.59. The molecule has 50 heavy (non-hydrogen) atoms. The van der Waals surface area contributed by atoms with E-state index in [1.54, 1.807) is 0 Å². The second-order valence-electron chi connectivity index (χ2n) is 11.9. The van der Waals surface area contributed by atoms with Gasteiger partial charge in [0.05, 0.1) is 0 Å². The van der Waals surface area contributed by atoms with E-state index in [2.05, 4.69) is 198 Å². The van der Waals surface area contributed by atoms with Gasteiger partial charge in [0, 0.05) is 39.7 Å². The molecule has 0 atom stereocenters. The number of terminal acetylenes is 1. The normalized spacial score (nSPS) is 11.0. The number of nitrogens with zero attached hydrogens (tertiary/aromatic N) is 2. The van der Waals surface area contributed by atoms with Gasteiger partial charge in [0.2, 0.25) is 0 Å². The SMILES string of the molecule is C#Cc1ccc(N(c2ccccc2)c2ccc(/C=C/c3ccc(/C=C/c4ccc(N(c5ccccc5)c5ccccc5)cc4)cc3)cc2)cc1. The smallest absolute Gasteiger partial charge is 0.0462 e. The Hall–Kier alpha value is -6.82. The van der Waals surface area contributed by atoms with Crippen molar-refractivity contribution in [2.45, 2.75) is 0 Å². The van der Waals surface area contributed by atoms with Crippen LogP contribution in [-0.4, -0.2) is 0 Å². The Balaban J connectivity index is 1.02. The van der Waals surface area contributed by atoms with Crippen molar-refractivity contribution < 1.29 is 0 Å². The maximum atomic E-state index is 5.59. The molecule has 0 heterocycles. The number of hydrogen-bond acceptors (Lipinski definition) is 2. The summed E-state index contributed by atoms with van der Waals surface area (Å²) < 4.78 is 0. The molecule has 0 N–H and O–H groups in total. The number of para-hydroxylation sites is 3. The van der Waals surface area contributed by atoms with E-state index in [0.717, 1.165) is 61.9 Å². The lowest BCUT2D eigenvalue weighted by molar-refractivity contribution is 1.28. The second-order valence-corrected chi connectivity index (χ2v) is 11.9. The summed E-state index contributed by atoms with van der Waals surface area (Å²) in [6.07, 6.45) is 14.2. The first-order valence-electron chi connectivity index (χ1n) is 16.7. The van der Waals surface area contributed by atoms with Gasteiger partial charge in [-0.05, 0) is 107 Å². The lowest BCUT2D eigenvalue weighted by Crippen LogP contribution is -2.09. The van der Waals surface area contributed by atoms with Crippen molar-refractivity contribution in [1.82, 2.24) is 0 Å². The Morgan fingerprint density at radius 2 is 0.540 bits per heavy atom. The van der Waals surface area contributed by atoms with Crippen LogP contribution in [0.3, 0.4) is 0 Å².